The van der Waals surface area contributed by atoms with Gasteiger partial charge in [-0.2, -0.15) is 0 Å². The van der Waals surface area contributed by atoms with Crippen LogP contribution in [0.5, 0.6) is 11.5 Å². The second-order valence-corrected chi connectivity index (χ2v) is 8.57. The fourth-order valence-electron chi connectivity index (χ4n) is 6.25. The summed E-state index contributed by atoms with van der Waals surface area (Å²) in [4.78, 5) is 0. The first-order chi connectivity index (χ1) is 11.2. The summed E-state index contributed by atoms with van der Waals surface area (Å²) in [6.45, 7) is 3.72. The van der Waals surface area contributed by atoms with Gasteiger partial charge in [0.15, 0.2) is 11.5 Å². The third kappa shape index (κ3) is 2.70. The lowest BCUT2D eigenvalue weighted by molar-refractivity contribution is -0.0706. The highest BCUT2D eigenvalue weighted by atomic mass is 35.5. The lowest BCUT2D eigenvalue weighted by Crippen LogP contribution is -2.54. The second kappa shape index (κ2) is 6.10. The van der Waals surface area contributed by atoms with Crippen molar-refractivity contribution in [2.45, 2.75) is 58.0 Å². The van der Waals surface area contributed by atoms with Gasteiger partial charge in [-0.15, -0.1) is 12.4 Å². The minimum atomic E-state index is 0. The largest absolute Gasteiger partial charge is 0.454 e. The van der Waals surface area contributed by atoms with Crippen molar-refractivity contribution in [2.75, 3.05) is 6.79 Å². The Kier molecular flexibility index (Phi) is 4.20. The van der Waals surface area contributed by atoms with Crippen molar-refractivity contribution < 1.29 is 9.47 Å². The van der Waals surface area contributed by atoms with Gasteiger partial charge < -0.3 is 14.8 Å². The van der Waals surface area contributed by atoms with Crippen molar-refractivity contribution in [3.8, 4) is 11.5 Å². The number of nitrogens with one attached hydrogen (secondary N) is 1. The molecule has 0 amide bonds. The zero-order valence-electron chi connectivity index (χ0n) is 14.4. The van der Waals surface area contributed by atoms with Gasteiger partial charge in [0.05, 0.1) is 0 Å². The molecule has 1 N–H and O–H groups in total. The van der Waals surface area contributed by atoms with Crippen molar-refractivity contribution in [2.24, 2.45) is 23.2 Å². The van der Waals surface area contributed by atoms with E-state index in [9.17, 15) is 0 Å². The van der Waals surface area contributed by atoms with Crippen molar-refractivity contribution in [3.63, 3.8) is 0 Å². The Morgan fingerprint density at radius 2 is 1.67 bits per heavy atom. The molecular weight excluding hydrogens is 322 g/mol. The van der Waals surface area contributed by atoms with Crippen LogP contribution in [0.15, 0.2) is 18.2 Å². The van der Waals surface area contributed by atoms with Crippen LogP contribution in [-0.2, 0) is 6.54 Å². The summed E-state index contributed by atoms with van der Waals surface area (Å²) in [6, 6.07) is 6.94. The number of halogens is 1. The molecule has 4 saturated carbocycles. The Hall–Kier alpha value is -0.930. The molecule has 0 saturated heterocycles. The van der Waals surface area contributed by atoms with Crippen LogP contribution in [0.25, 0.3) is 0 Å². The molecule has 132 valence electrons. The summed E-state index contributed by atoms with van der Waals surface area (Å²) in [6.07, 6.45) is 8.97. The van der Waals surface area contributed by atoms with Gasteiger partial charge in [-0.05, 0) is 86.3 Å². The molecule has 0 radical (unpaired) electrons. The number of fused-ring (bicyclic) bond motifs is 1. The first-order valence-electron chi connectivity index (χ1n) is 9.32. The first-order valence-corrected chi connectivity index (χ1v) is 9.32. The van der Waals surface area contributed by atoms with Crippen LogP contribution in [-0.4, -0.2) is 12.8 Å². The number of hydrogen-bond donors (Lipinski definition) is 1. The number of benzene rings is 1. The van der Waals surface area contributed by atoms with E-state index in [0.29, 0.717) is 18.2 Å². The molecule has 4 bridgehead atoms. The quantitative estimate of drug-likeness (QED) is 0.866. The van der Waals surface area contributed by atoms with Crippen molar-refractivity contribution in [3.05, 3.63) is 23.8 Å². The summed E-state index contributed by atoms with van der Waals surface area (Å²) in [7, 11) is 0. The SMILES string of the molecule is CC(NCc1ccc2c(c1)OCO2)C12CC3CC(CC(C3)C1)C2.Cl. The van der Waals surface area contributed by atoms with Crippen LogP contribution in [0.2, 0.25) is 0 Å². The average molecular weight is 350 g/mol. The van der Waals surface area contributed by atoms with Gasteiger partial charge in [0.2, 0.25) is 6.79 Å². The fourth-order valence-corrected chi connectivity index (χ4v) is 6.25. The zero-order valence-corrected chi connectivity index (χ0v) is 15.2. The number of ether oxygens (including phenoxy) is 2. The van der Waals surface area contributed by atoms with Crippen LogP contribution in [0, 0.1) is 23.2 Å². The summed E-state index contributed by atoms with van der Waals surface area (Å²) in [5.41, 5.74) is 1.87. The van der Waals surface area contributed by atoms with E-state index in [1.54, 1.807) is 0 Å². The monoisotopic (exact) mass is 349 g/mol. The summed E-state index contributed by atoms with van der Waals surface area (Å²) >= 11 is 0. The zero-order chi connectivity index (χ0) is 15.4. The molecule has 0 spiro atoms. The van der Waals surface area contributed by atoms with E-state index >= 15 is 0 Å². The summed E-state index contributed by atoms with van der Waals surface area (Å²) < 4.78 is 10.9. The molecule has 1 atom stereocenters. The Morgan fingerprint density at radius 1 is 1.04 bits per heavy atom. The molecule has 4 heteroatoms. The minimum Gasteiger partial charge on any atom is -0.454 e. The molecule has 4 fully saturated rings. The molecule has 0 aromatic heterocycles. The van der Waals surface area contributed by atoms with Gasteiger partial charge in [-0.25, -0.2) is 0 Å². The lowest BCUT2D eigenvalue weighted by Gasteiger charge is -2.59. The molecule has 1 aromatic carbocycles. The molecule has 4 aliphatic carbocycles. The first kappa shape index (κ1) is 16.5. The number of hydrogen-bond acceptors (Lipinski definition) is 3. The van der Waals surface area contributed by atoms with Gasteiger partial charge in [-0.1, -0.05) is 6.07 Å². The lowest BCUT2D eigenvalue weighted by atomic mass is 9.48. The van der Waals surface area contributed by atoms with E-state index in [4.69, 9.17) is 9.47 Å². The third-order valence-corrected chi connectivity index (χ3v) is 7.05. The Labute approximate surface area is 150 Å². The van der Waals surface area contributed by atoms with Gasteiger partial charge in [-0.3, -0.25) is 0 Å². The summed E-state index contributed by atoms with van der Waals surface area (Å²) in [5.74, 6) is 4.85. The highest BCUT2D eigenvalue weighted by molar-refractivity contribution is 5.85. The van der Waals surface area contributed by atoms with E-state index in [0.717, 1.165) is 35.8 Å². The fraction of sp³-hybridized carbons (Fsp3) is 0.700. The average Bonchev–Trinajstić information content (AvgIpc) is 2.99. The van der Waals surface area contributed by atoms with Crippen LogP contribution in [0.1, 0.15) is 51.0 Å². The predicted molar refractivity (Wildman–Crippen MR) is 96.7 cm³/mol. The highest BCUT2D eigenvalue weighted by Crippen LogP contribution is 2.61. The molecule has 6 rings (SSSR count). The molecule has 3 nitrogen and oxygen atoms in total. The van der Waals surface area contributed by atoms with E-state index in [1.807, 2.05) is 6.07 Å². The van der Waals surface area contributed by atoms with Crippen molar-refractivity contribution >= 4 is 12.4 Å². The van der Waals surface area contributed by atoms with Crippen LogP contribution in [0.4, 0.5) is 0 Å². The minimum absolute atomic E-state index is 0. The van der Waals surface area contributed by atoms with E-state index < -0.39 is 0 Å². The topological polar surface area (TPSA) is 30.5 Å². The highest BCUT2D eigenvalue weighted by Gasteiger charge is 2.52. The molecule has 1 heterocycles. The normalized spacial score (nSPS) is 36.5. The van der Waals surface area contributed by atoms with Gasteiger partial charge in [0, 0.05) is 12.6 Å². The van der Waals surface area contributed by atoms with Crippen LogP contribution < -0.4 is 14.8 Å². The molecule has 24 heavy (non-hydrogen) atoms. The summed E-state index contributed by atoms with van der Waals surface area (Å²) in [5, 5.41) is 3.85. The van der Waals surface area contributed by atoms with E-state index in [1.165, 1.54) is 44.1 Å². The maximum Gasteiger partial charge on any atom is 0.231 e. The standard InChI is InChI=1S/C20H27NO2.ClH/c1-13(20-8-15-4-16(9-20)6-17(5-15)10-20)21-11-14-2-3-18-19(7-14)23-12-22-18;/h2-3,7,13,15-17,21H,4-6,8-12H2,1H3;1H. The smallest absolute Gasteiger partial charge is 0.231 e. The Bertz CT molecular complexity index is 582. The van der Waals surface area contributed by atoms with Crippen molar-refractivity contribution in [1.29, 1.82) is 0 Å². The predicted octanol–water partition coefficient (Wildman–Crippen LogP) is 4.53. The van der Waals surface area contributed by atoms with Gasteiger partial charge >= 0.3 is 0 Å². The van der Waals surface area contributed by atoms with E-state index in [-0.39, 0.29) is 12.4 Å². The molecular formula is C20H28ClNO2. The molecule has 5 aliphatic rings. The van der Waals surface area contributed by atoms with Crippen molar-refractivity contribution in [1.82, 2.24) is 5.32 Å². The molecule has 1 aromatic rings. The third-order valence-electron chi connectivity index (χ3n) is 7.05. The van der Waals surface area contributed by atoms with Gasteiger partial charge in [0.25, 0.3) is 0 Å². The maximum atomic E-state index is 5.50. The van der Waals surface area contributed by atoms with Gasteiger partial charge in [0.1, 0.15) is 0 Å². The molecule has 1 unspecified atom stereocenters. The number of rotatable bonds is 4. The second-order valence-electron chi connectivity index (χ2n) is 8.57. The van der Waals surface area contributed by atoms with E-state index in [2.05, 4.69) is 24.4 Å². The van der Waals surface area contributed by atoms with Crippen LogP contribution in [0.3, 0.4) is 0 Å². The maximum absolute atomic E-state index is 5.50. The Morgan fingerprint density at radius 3 is 2.33 bits per heavy atom. The Balaban J connectivity index is 0.00000146. The van der Waals surface area contributed by atoms with Crippen LogP contribution >= 0.6 is 12.4 Å². The molecule has 1 aliphatic heterocycles.